The van der Waals surface area contributed by atoms with Gasteiger partial charge in [0.05, 0.1) is 26.4 Å². The van der Waals surface area contributed by atoms with Gasteiger partial charge in [-0.3, -0.25) is 14.4 Å². The summed E-state index contributed by atoms with van der Waals surface area (Å²) in [6.07, 6.45) is 7.68. The Labute approximate surface area is 159 Å². The standard InChI is InChI=1S/C17H37NO6P2/c1-5-21-25(19,22-6-2)17(26(20,23-7-3)24-8-4)18-16-14-12-10-9-11-13-15-16/h16-18H,5-15H2,1-4H3. The minimum absolute atomic E-state index is 0.0868. The van der Waals surface area contributed by atoms with Gasteiger partial charge >= 0.3 is 15.2 Å². The van der Waals surface area contributed by atoms with Crippen LogP contribution in [0, 0.1) is 0 Å². The van der Waals surface area contributed by atoms with Crippen molar-refractivity contribution in [2.45, 2.75) is 84.2 Å². The van der Waals surface area contributed by atoms with Crippen LogP contribution in [0.25, 0.3) is 0 Å². The third kappa shape index (κ3) is 7.35. The van der Waals surface area contributed by atoms with E-state index < -0.39 is 20.7 Å². The molecule has 0 unspecified atom stereocenters. The minimum Gasteiger partial charge on any atom is -0.307 e. The number of hydrogen-bond donors (Lipinski definition) is 1. The summed E-state index contributed by atoms with van der Waals surface area (Å²) in [4.78, 5) is 0. The fourth-order valence-electron chi connectivity index (χ4n) is 3.27. The highest BCUT2D eigenvalue weighted by Gasteiger charge is 2.51. The van der Waals surface area contributed by atoms with Gasteiger partial charge in [-0.15, -0.1) is 0 Å². The topological polar surface area (TPSA) is 83.1 Å². The zero-order valence-corrected chi connectivity index (χ0v) is 18.6. The van der Waals surface area contributed by atoms with Crippen molar-refractivity contribution >= 4 is 15.2 Å². The molecule has 0 radical (unpaired) electrons. The highest BCUT2D eigenvalue weighted by atomic mass is 31.2. The van der Waals surface area contributed by atoms with E-state index in [1.165, 1.54) is 19.3 Å². The quantitative estimate of drug-likeness (QED) is 0.423. The maximum absolute atomic E-state index is 13.5. The third-order valence-electron chi connectivity index (χ3n) is 4.33. The number of nitrogens with one attached hydrogen (secondary N) is 1. The van der Waals surface area contributed by atoms with Crippen molar-refractivity contribution in [3.05, 3.63) is 0 Å². The molecular formula is C17H37NO6P2. The van der Waals surface area contributed by atoms with E-state index in [9.17, 15) is 9.13 Å². The van der Waals surface area contributed by atoms with Crippen LogP contribution < -0.4 is 5.32 Å². The summed E-state index contributed by atoms with van der Waals surface area (Å²) < 4.78 is 49.0. The molecule has 0 bridgehead atoms. The molecule has 0 aromatic carbocycles. The fourth-order valence-corrected chi connectivity index (χ4v) is 8.39. The molecule has 0 atom stereocenters. The van der Waals surface area contributed by atoms with Crippen molar-refractivity contribution in [1.82, 2.24) is 5.32 Å². The molecule has 1 rings (SSSR count). The van der Waals surface area contributed by atoms with Crippen molar-refractivity contribution in [2.24, 2.45) is 0 Å². The summed E-state index contributed by atoms with van der Waals surface area (Å²) >= 11 is 0. The normalized spacial score (nSPS) is 18.0. The molecule has 9 heteroatoms. The molecular weight excluding hydrogens is 376 g/mol. The lowest BCUT2D eigenvalue weighted by molar-refractivity contribution is 0.186. The van der Waals surface area contributed by atoms with Crippen LogP contribution in [0.2, 0.25) is 0 Å². The first-order valence-electron chi connectivity index (χ1n) is 9.99. The predicted octanol–water partition coefficient (Wildman–Crippen LogP) is 5.50. The molecule has 0 amide bonds. The van der Waals surface area contributed by atoms with Gasteiger partial charge in [0.25, 0.3) is 0 Å². The van der Waals surface area contributed by atoms with Crippen molar-refractivity contribution in [1.29, 1.82) is 0 Å². The molecule has 1 N–H and O–H groups in total. The molecule has 1 aliphatic carbocycles. The maximum Gasteiger partial charge on any atom is 0.359 e. The summed E-state index contributed by atoms with van der Waals surface area (Å²) in [7, 11) is -7.45. The lowest BCUT2D eigenvalue weighted by atomic mass is 9.97. The lowest BCUT2D eigenvalue weighted by Crippen LogP contribution is -2.40. The summed E-state index contributed by atoms with van der Waals surface area (Å²) in [6, 6.07) is 0.0868. The fraction of sp³-hybridized carbons (Fsp3) is 1.00. The van der Waals surface area contributed by atoms with Crippen LogP contribution in [-0.2, 0) is 27.2 Å². The second-order valence-corrected chi connectivity index (χ2v) is 11.0. The maximum atomic E-state index is 13.5. The largest absolute Gasteiger partial charge is 0.359 e. The van der Waals surface area contributed by atoms with Gasteiger partial charge in [0, 0.05) is 6.04 Å². The Hall–Kier alpha value is 0.260. The highest BCUT2D eigenvalue weighted by molar-refractivity contribution is 7.72. The molecule has 156 valence electrons. The first-order chi connectivity index (χ1) is 12.5. The summed E-state index contributed by atoms with van der Waals surface area (Å²) in [5, 5.41) is 3.32. The molecule has 0 heterocycles. The second-order valence-electron chi connectivity index (χ2n) is 6.33. The Kier molecular flexibility index (Phi) is 11.8. The van der Waals surface area contributed by atoms with E-state index in [0.29, 0.717) is 0 Å². The van der Waals surface area contributed by atoms with E-state index in [1.807, 2.05) is 0 Å². The molecule has 0 saturated heterocycles. The van der Waals surface area contributed by atoms with Gasteiger partial charge in [-0.2, -0.15) is 0 Å². The number of rotatable bonds is 12. The van der Waals surface area contributed by atoms with E-state index >= 15 is 0 Å². The Bertz CT molecular complexity index is 418. The highest BCUT2D eigenvalue weighted by Crippen LogP contribution is 2.69. The van der Waals surface area contributed by atoms with Gasteiger partial charge in [0.2, 0.25) is 5.52 Å². The van der Waals surface area contributed by atoms with Gasteiger partial charge in [-0.25, -0.2) is 0 Å². The average molecular weight is 413 g/mol. The molecule has 1 fully saturated rings. The smallest absolute Gasteiger partial charge is 0.307 e. The van der Waals surface area contributed by atoms with Crippen molar-refractivity contribution in [2.75, 3.05) is 26.4 Å². The average Bonchev–Trinajstić information content (AvgIpc) is 2.54. The van der Waals surface area contributed by atoms with Crippen molar-refractivity contribution < 1.29 is 27.2 Å². The molecule has 0 aromatic heterocycles. The van der Waals surface area contributed by atoms with Gasteiger partial charge in [0.1, 0.15) is 0 Å². The van der Waals surface area contributed by atoms with Crippen LogP contribution in [0.3, 0.4) is 0 Å². The monoisotopic (exact) mass is 413 g/mol. The molecule has 0 aliphatic heterocycles. The Balaban J connectivity index is 3.16. The first-order valence-corrected chi connectivity index (χ1v) is 13.2. The van der Waals surface area contributed by atoms with Crippen LogP contribution in [0.5, 0.6) is 0 Å². The molecule has 0 spiro atoms. The Morgan fingerprint density at radius 2 is 1.08 bits per heavy atom. The van der Waals surface area contributed by atoms with E-state index in [1.54, 1.807) is 27.7 Å². The SMILES string of the molecule is CCOP(=O)(OCC)C(NC1CCCCCCC1)P(=O)(OCC)OCC. The van der Waals surface area contributed by atoms with Crippen LogP contribution in [0.4, 0.5) is 0 Å². The minimum atomic E-state index is -3.73. The van der Waals surface area contributed by atoms with Crippen LogP contribution in [0.1, 0.15) is 72.6 Å². The molecule has 7 nitrogen and oxygen atoms in total. The Morgan fingerprint density at radius 3 is 1.42 bits per heavy atom. The zero-order valence-electron chi connectivity index (χ0n) is 16.8. The first kappa shape index (κ1) is 24.3. The third-order valence-corrected chi connectivity index (χ3v) is 9.99. The van der Waals surface area contributed by atoms with Crippen LogP contribution in [-0.4, -0.2) is 38.0 Å². The molecule has 26 heavy (non-hydrogen) atoms. The van der Waals surface area contributed by atoms with Crippen LogP contribution in [0.15, 0.2) is 0 Å². The summed E-state index contributed by atoms with van der Waals surface area (Å²) in [5.41, 5.74) is -1.11. The van der Waals surface area contributed by atoms with E-state index in [2.05, 4.69) is 5.32 Å². The lowest BCUT2D eigenvalue weighted by Gasteiger charge is -2.35. The van der Waals surface area contributed by atoms with Crippen LogP contribution >= 0.6 is 15.2 Å². The Morgan fingerprint density at radius 1 is 0.731 bits per heavy atom. The predicted molar refractivity (Wildman–Crippen MR) is 105 cm³/mol. The van der Waals surface area contributed by atoms with Gasteiger partial charge < -0.3 is 18.1 Å². The van der Waals surface area contributed by atoms with E-state index in [0.717, 1.165) is 25.7 Å². The van der Waals surface area contributed by atoms with Crippen molar-refractivity contribution in [3.8, 4) is 0 Å². The van der Waals surface area contributed by atoms with Gasteiger partial charge in [-0.1, -0.05) is 32.1 Å². The molecule has 1 saturated carbocycles. The molecule has 1 aliphatic rings. The van der Waals surface area contributed by atoms with Crippen molar-refractivity contribution in [3.63, 3.8) is 0 Å². The number of hydrogen-bond acceptors (Lipinski definition) is 7. The van der Waals surface area contributed by atoms with E-state index in [4.69, 9.17) is 18.1 Å². The summed E-state index contributed by atoms with van der Waals surface area (Å²) in [5.74, 6) is 0. The van der Waals surface area contributed by atoms with Gasteiger partial charge in [0.15, 0.2) is 0 Å². The zero-order chi connectivity index (χ0) is 19.5. The van der Waals surface area contributed by atoms with E-state index in [-0.39, 0.29) is 32.5 Å². The van der Waals surface area contributed by atoms with Gasteiger partial charge in [-0.05, 0) is 40.5 Å². The molecule has 0 aromatic rings. The second kappa shape index (κ2) is 12.7. The summed E-state index contributed by atoms with van der Waals surface area (Å²) in [6.45, 7) is 7.73.